The molecule has 4 aliphatic rings. The zero-order chi connectivity index (χ0) is 42.0. The largest absolute Gasteiger partial charge is 0.331 e. The topological polar surface area (TPSA) is 37.2 Å². The molecule has 0 bridgehead atoms. The second-order valence-electron chi connectivity index (χ2n) is 13.5. The Kier molecular flexibility index (Phi) is 17.8. The Labute approximate surface area is 350 Å². The molecule has 6 nitrogen and oxygen atoms in total. The first-order chi connectivity index (χ1) is 28.6. The minimum atomic E-state index is 0.850. The van der Waals surface area contributed by atoms with Gasteiger partial charge in [0, 0.05) is 66.6 Å². The van der Waals surface area contributed by atoms with Crippen molar-refractivity contribution >= 4 is 45.8 Å². The lowest BCUT2D eigenvalue weighted by Crippen LogP contribution is -2.27. The van der Waals surface area contributed by atoms with Crippen LogP contribution in [0.1, 0.15) is 96.6 Å². The Morgan fingerprint density at radius 3 is 1.57 bits per heavy atom. The fraction of sp³-hybridized carbons (Fsp3) is 0.346. The van der Waals surface area contributed by atoms with Gasteiger partial charge in [-0.05, 0) is 30.2 Å². The quantitative estimate of drug-likeness (QED) is 0.127. The third-order valence-electron chi connectivity index (χ3n) is 10.5. The highest BCUT2D eigenvalue weighted by molar-refractivity contribution is 6.07. The molecule has 6 heteroatoms. The highest BCUT2D eigenvalue weighted by Crippen LogP contribution is 2.32. The first-order valence-electron chi connectivity index (χ1n) is 21.8. The molecule has 5 aromatic rings. The molecule has 5 aromatic carbocycles. The van der Waals surface area contributed by atoms with Crippen molar-refractivity contribution in [3.63, 3.8) is 0 Å². The van der Waals surface area contributed by atoms with Crippen molar-refractivity contribution in [1.29, 1.82) is 0 Å². The Balaban J connectivity index is 0.000000221. The molecule has 4 aliphatic heterocycles. The molecule has 0 atom stereocenters. The van der Waals surface area contributed by atoms with Gasteiger partial charge in [-0.25, -0.2) is 4.58 Å². The average Bonchev–Trinajstić information content (AvgIpc) is 4.03. The SMILES string of the molecule is CC.CC.CC.CC.CCN1/C(=N\N=C2/Cc3ccccc3N2C)Cc2ccccc21.C[N+]1=C(CC2=[N+](Cc3ccccc3)c3ccccc3C2)Cc2ccccc21. The van der Waals surface area contributed by atoms with Crippen LogP contribution in [-0.4, -0.2) is 52.9 Å². The summed E-state index contributed by atoms with van der Waals surface area (Å²) in [6, 6.07) is 45.4. The van der Waals surface area contributed by atoms with E-state index in [1.165, 1.54) is 62.0 Å². The van der Waals surface area contributed by atoms with Crippen LogP contribution in [0.15, 0.2) is 138 Å². The number of rotatable bonds is 6. The summed E-state index contributed by atoms with van der Waals surface area (Å²) in [4.78, 5) is 4.39. The van der Waals surface area contributed by atoms with Crippen molar-refractivity contribution in [3.05, 3.63) is 155 Å². The zero-order valence-corrected chi connectivity index (χ0v) is 37.3. The van der Waals surface area contributed by atoms with Gasteiger partial charge in [0.05, 0.1) is 12.8 Å². The number of para-hydroxylation sites is 4. The molecule has 304 valence electrons. The molecule has 0 N–H and O–H groups in total. The minimum Gasteiger partial charge on any atom is -0.331 e. The van der Waals surface area contributed by atoms with Crippen LogP contribution >= 0.6 is 0 Å². The highest BCUT2D eigenvalue weighted by atomic mass is 15.4. The number of fused-ring (bicyclic) bond motifs is 4. The van der Waals surface area contributed by atoms with Crippen molar-refractivity contribution in [3.8, 4) is 0 Å². The molecule has 0 spiro atoms. The van der Waals surface area contributed by atoms with E-state index in [1.54, 1.807) is 0 Å². The maximum absolute atomic E-state index is 4.59. The number of hydrogen-bond donors (Lipinski definition) is 0. The Bertz CT molecular complexity index is 2190. The second-order valence-corrected chi connectivity index (χ2v) is 13.5. The summed E-state index contributed by atoms with van der Waals surface area (Å²) in [7, 11) is 4.27. The summed E-state index contributed by atoms with van der Waals surface area (Å²) in [5, 5.41) is 9.17. The van der Waals surface area contributed by atoms with Crippen molar-refractivity contribution in [2.24, 2.45) is 10.2 Å². The Morgan fingerprint density at radius 1 is 0.500 bits per heavy atom. The number of benzene rings is 5. The van der Waals surface area contributed by atoms with E-state index in [2.05, 4.69) is 178 Å². The average molecular weight is 777 g/mol. The van der Waals surface area contributed by atoms with Gasteiger partial charge in [0.25, 0.3) is 0 Å². The van der Waals surface area contributed by atoms with Crippen LogP contribution in [0.25, 0.3) is 0 Å². The van der Waals surface area contributed by atoms with Crippen LogP contribution in [0.4, 0.5) is 22.7 Å². The van der Waals surface area contributed by atoms with E-state index in [-0.39, 0.29) is 0 Å². The molecule has 0 fully saturated rings. The van der Waals surface area contributed by atoms with Gasteiger partial charge in [0.2, 0.25) is 11.4 Å². The molecule has 0 aliphatic carbocycles. The van der Waals surface area contributed by atoms with E-state index in [1.807, 2.05) is 55.4 Å². The minimum absolute atomic E-state index is 0.850. The predicted octanol–water partition coefficient (Wildman–Crippen LogP) is 12.5. The lowest BCUT2D eigenvalue weighted by molar-refractivity contribution is -0.456. The molecule has 0 saturated carbocycles. The number of nitrogens with zero attached hydrogens (tertiary/aromatic N) is 6. The third kappa shape index (κ3) is 10.3. The summed E-state index contributed by atoms with van der Waals surface area (Å²) in [5.74, 6) is 2.04. The summed E-state index contributed by atoms with van der Waals surface area (Å²) in [6.45, 7) is 20.0. The summed E-state index contributed by atoms with van der Waals surface area (Å²) >= 11 is 0. The van der Waals surface area contributed by atoms with Crippen LogP contribution in [0, 0.1) is 0 Å². The monoisotopic (exact) mass is 777 g/mol. The van der Waals surface area contributed by atoms with Crippen LogP contribution in [-0.2, 0) is 32.2 Å². The fourth-order valence-electron chi connectivity index (χ4n) is 7.85. The number of hydrogen-bond acceptors (Lipinski definition) is 2. The van der Waals surface area contributed by atoms with Crippen molar-refractivity contribution in [1.82, 2.24) is 0 Å². The molecule has 0 saturated heterocycles. The van der Waals surface area contributed by atoms with Crippen LogP contribution in [0.5, 0.6) is 0 Å². The van der Waals surface area contributed by atoms with Gasteiger partial charge in [0.15, 0.2) is 18.0 Å². The molecule has 58 heavy (non-hydrogen) atoms. The van der Waals surface area contributed by atoms with Crippen molar-refractivity contribution in [2.75, 3.05) is 30.4 Å². The number of likely N-dealkylation sites (N-methyl/N-ethyl adjacent to an activating group) is 2. The standard InChI is InChI=1S/C25H24N2.C19H20N4.4C2H6/c1-26-22(15-20-11-5-7-13-24(20)26)17-23-16-21-12-6-8-14-25(21)27(23)18-19-9-3-2-4-10-19;1-3-23-17-11-7-5-9-15(17)13-19(23)21-20-18-12-14-8-4-6-10-16(14)22(18)2;4*1-2/h2-14H,15-18H2,1H3;4-11H,3,12-13H2,1-2H3;4*1-2H3/q+2;;;;;/b;20-18+,21-19-;;;;. The van der Waals surface area contributed by atoms with E-state index < -0.39 is 0 Å². The van der Waals surface area contributed by atoms with Gasteiger partial charge < -0.3 is 9.80 Å². The molecule has 0 amide bonds. The molecule has 0 aromatic heterocycles. The van der Waals surface area contributed by atoms with Crippen LogP contribution < -0.4 is 9.80 Å². The molecule has 9 rings (SSSR count). The Morgan fingerprint density at radius 2 is 0.966 bits per heavy atom. The lowest BCUT2D eigenvalue weighted by atomic mass is 10.0. The lowest BCUT2D eigenvalue weighted by Gasteiger charge is -2.17. The predicted molar refractivity (Wildman–Crippen MR) is 253 cm³/mol. The van der Waals surface area contributed by atoms with E-state index in [0.717, 1.165) is 56.9 Å². The van der Waals surface area contributed by atoms with E-state index in [9.17, 15) is 0 Å². The maximum Gasteiger partial charge on any atom is 0.209 e. The number of anilines is 2. The van der Waals surface area contributed by atoms with Crippen molar-refractivity contribution < 1.29 is 9.15 Å². The summed E-state index contributed by atoms with van der Waals surface area (Å²) in [6.07, 6.45) is 4.86. The van der Waals surface area contributed by atoms with E-state index >= 15 is 0 Å². The normalized spacial score (nSPS) is 15.3. The molecule has 4 heterocycles. The first-order valence-corrected chi connectivity index (χ1v) is 21.8. The van der Waals surface area contributed by atoms with Gasteiger partial charge in [-0.3, -0.25) is 0 Å². The number of amidine groups is 2. The molecule has 0 radical (unpaired) electrons. The van der Waals surface area contributed by atoms with E-state index in [0.29, 0.717) is 0 Å². The Hall–Kier alpha value is -5.62. The summed E-state index contributed by atoms with van der Waals surface area (Å²) < 4.78 is 4.93. The van der Waals surface area contributed by atoms with Gasteiger partial charge in [-0.15, -0.1) is 10.2 Å². The smallest absolute Gasteiger partial charge is 0.209 e. The van der Waals surface area contributed by atoms with Gasteiger partial charge in [0.1, 0.15) is 25.1 Å². The highest BCUT2D eigenvalue weighted by Gasteiger charge is 2.35. The molecule has 0 unspecified atom stereocenters. The second kappa shape index (κ2) is 23.0. The van der Waals surface area contributed by atoms with Gasteiger partial charge in [-0.1, -0.05) is 159 Å². The third-order valence-corrected chi connectivity index (χ3v) is 10.5. The maximum atomic E-state index is 4.59. The van der Waals surface area contributed by atoms with Crippen molar-refractivity contribution in [2.45, 2.75) is 101 Å². The zero-order valence-electron chi connectivity index (χ0n) is 37.3. The van der Waals surface area contributed by atoms with E-state index in [4.69, 9.17) is 0 Å². The fourth-order valence-corrected chi connectivity index (χ4v) is 7.85. The summed E-state index contributed by atoms with van der Waals surface area (Å²) in [5.41, 5.74) is 15.1. The van der Waals surface area contributed by atoms with Crippen LogP contribution in [0.3, 0.4) is 0 Å². The van der Waals surface area contributed by atoms with Crippen LogP contribution in [0.2, 0.25) is 0 Å². The van der Waals surface area contributed by atoms with Gasteiger partial charge in [-0.2, -0.15) is 4.58 Å². The molecular formula is C52H68N6+2. The first kappa shape index (κ1) is 45.1. The molecular weight excluding hydrogens is 709 g/mol. The van der Waals surface area contributed by atoms with Gasteiger partial charge >= 0.3 is 0 Å².